The molecule has 4 saturated carbocycles. The minimum absolute atomic E-state index is 0.0137. The lowest BCUT2D eigenvalue weighted by atomic mass is 9.65. The van der Waals surface area contributed by atoms with Crippen molar-refractivity contribution in [1.29, 1.82) is 0 Å². The number of ether oxygens (including phenoxy) is 2. The number of halogens is 6. The van der Waals surface area contributed by atoms with Crippen LogP contribution in [0.1, 0.15) is 57.8 Å². The average Bonchev–Trinajstić information content (AvgIpc) is 3.39. The standard InChI is InChI=1S/C21H28F6O2/c22-20(23,24)19(21(25,26)27,29-16-3-1-2-6-28-16)10-14-8-13-9-15(14)18-12-5-4-11(7-12)17(13)18/h11-18H,1-10H2. The molecule has 5 aliphatic rings. The van der Waals surface area contributed by atoms with Gasteiger partial charge in [0.15, 0.2) is 6.29 Å². The summed E-state index contributed by atoms with van der Waals surface area (Å²) in [5, 5.41) is 0. The van der Waals surface area contributed by atoms with Crippen molar-refractivity contribution < 1.29 is 35.8 Å². The number of fused-ring (bicyclic) bond motifs is 9. The molecule has 0 spiro atoms. The Hall–Kier alpha value is -0.500. The van der Waals surface area contributed by atoms with E-state index in [1.165, 1.54) is 6.42 Å². The SMILES string of the molecule is FC(F)(F)C(CC1CC2CC1C1C3CCC(C3)C21)(OC1CCCCO1)C(F)(F)F. The summed E-state index contributed by atoms with van der Waals surface area (Å²) >= 11 is 0. The van der Waals surface area contributed by atoms with E-state index in [-0.39, 0.29) is 18.9 Å². The Morgan fingerprint density at radius 2 is 1.45 bits per heavy atom. The van der Waals surface area contributed by atoms with E-state index >= 15 is 0 Å². The van der Waals surface area contributed by atoms with Crippen LogP contribution >= 0.6 is 0 Å². The molecule has 0 amide bonds. The predicted octanol–water partition coefficient (Wildman–Crippen LogP) is 6.10. The molecule has 166 valence electrons. The van der Waals surface area contributed by atoms with Gasteiger partial charge < -0.3 is 9.47 Å². The van der Waals surface area contributed by atoms with Crippen LogP contribution in [0.25, 0.3) is 0 Å². The van der Waals surface area contributed by atoms with E-state index in [9.17, 15) is 26.3 Å². The Morgan fingerprint density at radius 1 is 0.759 bits per heavy atom. The molecule has 8 atom stereocenters. The van der Waals surface area contributed by atoms with E-state index in [2.05, 4.69) is 0 Å². The van der Waals surface area contributed by atoms with Crippen LogP contribution in [0.3, 0.4) is 0 Å². The second-order valence-electron chi connectivity index (χ2n) is 10.1. The molecule has 29 heavy (non-hydrogen) atoms. The monoisotopic (exact) mass is 426 g/mol. The minimum Gasteiger partial charge on any atom is -0.353 e. The zero-order valence-electron chi connectivity index (χ0n) is 16.3. The molecule has 1 saturated heterocycles. The zero-order valence-corrected chi connectivity index (χ0v) is 16.3. The van der Waals surface area contributed by atoms with Crippen LogP contribution in [0.2, 0.25) is 0 Å². The molecule has 0 N–H and O–H groups in total. The molecule has 1 heterocycles. The topological polar surface area (TPSA) is 18.5 Å². The lowest BCUT2D eigenvalue weighted by Crippen LogP contribution is -2.62. The van der Waals surface area contributed by atoms with Gasteiger partial charge in [0.25, 0.3) is 5.60 Å². The maximum absolute atomic E-state index is 14.0. The summed E-state index contributed by atoms with van der Waals surface area (Å²) in [6.45, 7) is 0.136. The molecule has 8 heteroatoms. The summed E-state index contributed by atoms with van der Waals surface area (Å²) in [6, 6.07) is 0. The van der Waals surface area contributed by atoms with Gasteiger partial charge in [0, 0.05) is 6.61 Å². The lowest BCUT2D eigenvalue weighted by molar-refractivity contribution is -0.416. The van der Waals surface area contributed by atoms with Gasteiger partial charge in [-0.2, -0.15) is 26.3 Å². The molecule has 0 aromatic rings. The Kier molecular flexibility index (Phi) is 4.75. The van der Waals surface area contributed by atoms with Crippen LogP contribution in [0.15, 0.2) is 0 Å². The highest BCUT2D eigenvalue weighted by Gasteiger charge is 2.75. The van der Waals surface area contributed by atoms with Crippen molar-refractivity contribution >= 4 is 0 Å². The van der Waals surface area contributed by atoms with Crippen molar-refractivity contribution in [3.63, 3.8) is 0 Å². The number of hydrogen-bond acceptors (Lipinski definition) is 2. The highest BCUT2D eigenvalue weighted by atomic mass is 19.4. The van der Waals surface area contributed by atoms with Crippen molar-refractivity contribution in [2.24, 2.45) is 41.4 Å². The quantitative estimate of drug-likeness (QED) is 0.399. The van der Waals surface area contributed by atoms with Gasteiger partial charge in [0.05, 0.1) is 0 Å². The number of alkyl halides is 6. The molecule has 0 radical (unpaired) electrons. The van der Waals surface area contributed by atoms with Crippen LogP contribution in [0.5, 0.6) is 0 Å². The van der Waals surface area contributed by atoms with Crippen LogP contribution in [0.4, 0.5) is 26.3 Å². The van der Waals surface area contributed by atoms with Crippen LogP contribution < -0.4 is 0 Å². The van der Waals surface area contributed by atoms with Crippen LogP contribution in [-0.4, -0.2) is 30.9 Å². The van der Waals surface area contributed by atoms with Crippen molar-refractivity contribution in [3.05, 3.63) is 0 Å². The summed E-state index contributed by atoms with van der Waals surface area (Å²) in [4.78, 5) is 0. The highest BCUT2D eigenvalue weighted by molar-refractivity contribution is 5.12. The van der Waals surface area contributed by atoms with Gasteiger partial charge in [0.2, 0.25) is 0 Å². The molecule has 8 unspecified atom stereocenters. The zero-order chi connectivity index (χ0) is 20.6. The van der Waals surface area contributed by atoms with Gasteiger partial charge in [-0.3, -0.25) is 0 Å². The van der Waals surface area contributed by atoms with Gasteiger partial charge in [-0.15, -0.1) is 0 Å². The maximum atomic E-state index is 14.0. The normalized spacial score (nSPS) is 44.5. The lowest BCUT2D eigenvalue weighted by Gasteiger charge is -2.45. The first kappa shape index (κ1) is 20.4. The van der Waals surface area contributed by atoms with E-state index in [0.29, 0.717) is 48.9 Å². The van der Waals surface area contributed by atoms with Gasteiger partial charge in [0.1, 0.15) is 0 Å². The van der Waals surface area contributed by atoms with Crippen LogP contribution in [-0.2, 0) is 9.47 Å². The van der Waals surface area contributed by atoms with Gasteiger partial charge >= 0.3 is 12.4 Å². The molecule has 5 rings (SSSR count). The van der Waals surface area contributed by atoms with E-state index in [1.807, 2.05) is 0 Å². The maximum Gasteiger partial charge on any atom is 0.426 e. The van der Waals surface area contributed by atoms with Crippen molar-refractivity contribution in [2.75, 3.05) is 6.61 Å². The third-order valence-electron chi connectivity index (χ3n) is 8.81. The second kappa shape index (κ2) is 6.75. The van der Waals surface area contributed by atoms with Gasteiger partial charge in [-0.25, -0.2) is 0 Å². The van der Waals surface area contributed by atoms with E-state index in [0.717, 1.165) is 19.3 Å². The largest absolute Gasteiger partial charge is 0.426 e. The molecule has 4 aliphatic carbocycles. The summed E-state index contributed by atoms with van der Waals surface area (Å²) in [6.07, 6.45) is -7.60. The third-order valence-corrected chi connectivity index (χ3v) is 8.81. The molecular formula is C21H28F6O2. The summed E-state index contributed by atoms with van der Waals surface area (Å²) in [5.41, 5.74) is -4.13. The Balaban J connectivity index is 1.41. The van der Waals surface area contributed by atoms with Crippen molar-refractivity contribution in [2.45, 2.75) is 82.0 Å². The first-order valence-electron chi connectivity index (χ1n) is 11.0. The van der Waals surface area contributed by atoms with Crippen LogP contribution in [0, 0.1) is 41.4 Å². The fourth-order valence-electron chi connectivity index (χ4n) is 7.91. The van der Waals surface area contributed by atoms with Crippen molar-refractivity contribution in [1.82, 2.24) is 0 Å². The summed E-state index contributed by atoms with van der Waals surface area (Å²) < 4.78 is 94.3. The fourth-order valence-corrected chi connectivity index (χ4v) is 7.91. The first-order chi connectivity index (χ1) is 13.6. The van der Waals surface area contributed by atoms with Gasteiger partial charge in [-0.1, -0.05) is 0 Å². The van der Waals surface area contributed by atoms with Gasteiger partial charge in [-0.05, 0) is 99.2 Å². The van der Waals surface area contributed by atoms with Crippen molar-refractivity contribution in [3.8, 4) is 0 Å². The Morgan fingerprint density at radius 3 is 2.07 bits per heavy atom. The molecule has 0 aromatic heterocycles. The van der Waals surface area contributed by atoms with E-state index in [4.69, 9.17) is 9.47 Å². The fraction of sp³-hybridized carbons (Fsp3) is 1.00. The summed E-state index contributed by atoms with van der Waals surface area (Å²) in [7, 11) is 0. The number of hydrogen-bond donors (Lipinski definition) is 0. The molecule has 2 nitrogen and oxygen atoms in total. The van der Waals surface area contributed by atoms with E-state index in [1.54, 1.807) is 0 Å². The first-order valence-corrected chi connectivity index (χ1v) is 11.0. The Bertz CT molecular complexity index is 612. The predicted molar refractivity (Wildman–Crippen MR) is 91.6 cm³/mol. The Labute approximate surface area is 166 Å². The number of rotatable bonds is 4. The molecule has 1 aliphatic heterocycles. The smallest absolute Gasteiger partial charge is 0.353 e. The molecule has 0 aromatic carbocycles. The molecule has 4 bridgehead atoms. The molecule has 5 fully saturated rings. The third kappa shape index (κ3) is 3.06. The second-order valence-corrected chi connectivity index (χ2v) is 10.1. The molecular weight excluding hydrogens is 398 g/mol. The minimum atomic E-state index is -5.53. The highest BCUT2D eigenvalue weighted by Crippen LogP contribution is 2.70. The summed E-state index contributed by atoms with van der Waals surface area (Å²) in [5.74, 6) is 1.76. The van der Waals surface area contributed by atoms with E-state index < -0.39 is 36.6 Å². The average molecular weight is 426 g/mol.